The first-order valence-electron chi connectivity index (χ1n) is 6.58. The molecule has 23 heavy (non-hydrogen) atoms. The van der Waals surface area contributed by atoms with E-state index in [4.69, 9.17) is 19.7 Å². The van der Waals surface area contributed by atoms with Gasteiger partial charge in [-0.2, -0.15) is 9.97 Å². The molecular weight excluding hydrogens is 320 g/mol. The van der Waals surface area contributed by atoms with Crippen LogP contribution in [0.15, 0.2) is 34.2 Å². The topological polar surface area (TPSA) is 122 Å². The highest BCUT2D eigenvalue weighted by Gasteiger charge is 2.16. The molecule has 1 aliphatic heterocycles. The fourth-order valence-corrected chi connectivity index (χ4v) is 2.60. The normalized spacial score (nSPS) is 12.5. The largest absolute Gasteiger partial charge is 0.454 e. The molecule has 4 rings (SSSR count). The molecule has 0 saturated carbocycles. The van der Waals surface area contributed by atoms with Crippen molar-refractivity contribution < 1.29 is 14.0 Å². The van der Waals surface area contributed by atoms with Crippen LogP contribution in [0, 0.1) is 0 Å². The maximum atomic E-state index is 5.50. The number of anilines is 1. The molecule has 2 N–H and O–H groups in total. The van der Waals surface area contributed by atoms with Crippen molar-refractivity contribution in [1.82, 2.24) is 25.1 Å². The van der Waals surface area contributed by atoms with Gasteiger partial charge in [0.1, 0.15) is 6.33 Å². The Bertz CT molecular complexity index is 855. The molecule has 1 aromatic carbocycles. The minimum absolute atomic E-state index is 0.175. The highest BCUT2D eigenvalue weighted by Crippen LogP contribution is 2.35. The summed E-state index contributed by atoms with van der Waals surface area (Å²) in [5.74, 6) is 2.93. The molecule has 0 spiro atoms. The predicted molar refractivity (Wildman–Crippen MR) is 79.7 cm³/mol. The molecule has 0 radical (unpaired) electrons. The van der Waals surface area contributed by atoms with E-state index in [2.05, 4.69) is 25.1 Å². The Morgan fingerprint density at radius 1 is 1.13 bits per heavy atom. The molecule has 0 aliphatic carbocycles. The van der Waals surface area contributed by atoms with Gasteiger partial charge in [0.05, 0.1) is 5.75 Å². The van der Waals surface area contributed by atoms with Crippen LogP contribution < -0.4 is 15.2 Å². The van der Waals surface area contributed by atoms with Crippen LogP contribution in [0.1, 0.15) is 5.89 Å². The lowest BCUT2D eigenvalue weighted by Crippen LogP contribution is -1.97. The van der Waals surface area contributed by atoms with E-state index in [9.17, 15) is 0 Å². The molecule has 1 aliphatic rings. The lowest BCUT2D eigenvalue weighted by Gasteiger charge is -1.97. The summed E-state index contributed by atoms with van der Waals surface area (Å²) >= 11 is 1.33. The van der Waals surface area contributed by atoms with Crippen molar-refractivity contribution >= 4 is 17.7 Å². The molecular formula is C13H10N6O3S. The summed E-state index contributed by atoms with van der Waals surface area (Å²) in [6, 6.07) is 5.48. The van der Waals surface area contributed by atoms with Gasteiger partial charge in [-0.1, -0.05) is 16.9 Å². The highest BCUT2D eigenvalue weighted by atomic mass is 32.2. The van der Waals surface area contributed by atoms with Crippen molar-refractivity contribution in [2.75, 3.05) is 12.5 Å². The summed E-state index contributed by atoms with van der Waals surface area (Å²) in [5, 5.41) is 4.47. The number of nitrogens with two attached hydrogens (primary N) is 1. The van der Waals surface area contributed by atoms with E-state index in [1.165, 1.54) is 18.1 Å². The Labute approximate surface area is 134 Å². The number of aromatic nitrogens is 5. The summed E-state index contributed by atoms with van der Waals surface area (Å²) in [7, 11) is 0. The van der Waals surface area contributed by atoms with Crippen molar-refractivity contribution in [3.05, 3.63) is 30.4 Å². The SMILES string of the molecule is Nc1ncnc(SCc2nc(-c3ccc4c(c3)OCO4)no2)n1. The summed E-state index contributed by atoms with van der Waals surface area (Å²) in [5.41, 5.74) is 6.29. The summed E-state index contributed by atoms with van der Waals surface area (Å²) in [6.45, 7) is 0.224. The van der Waals surface area contributed by atoms with Crippen molar-refractivity contribution in [3.8, 4) is 22.9 Å². The minimum Gasteiger partial charge on any atom is -0.454 e. The smallest absolute Gasteiger partial charge is 0.237 e. The van der Waals surface area contributed by atoms with Crippen LogP contribution in [0.25, 0.3) is 11.4 Å². The van der Waals surface area contributed by atoms with Crippen molar-refractivity contribution in [1.29, 1.82) is 0 Å². The third-order valence-electron chi connectivity index (χ3n) is 2.99. The number of fused-ring (bicyclic) bond motifs is 1. The molecule has 0 bridgehead atoms. The fraction of sp³-hybridized carbons (Fsp3) is 0.154. The van der Waals surface area contributed by atoms with E-state index in [-0.39, 0.29) is 12.7 Å². The maximum absolute atomic E-state index is 5.50. The molecule has 0 atom stereocenters. The molecule has 9 nitrogen and oxygen atoms in total. The predicted octanol–water partition coefficient (Wildman–Crippen LogP) is 1.52. The van der Waals surface area contributed by atoms with Gasteiger partial charge in [-0.3, -0.25) is 0 Å². The summed E-state index contributed by atoms with van der Waals surface area (Å²) in [4.78, 5) is 16.1. The Hall–Kier alpha value is -2.88. The number of ether oxygens (including phenoxy) is 2. The zero-order valence-electron chi connectivity index (χ0n) is 11.7. The number of nitrogen functional groups attached to an aromatic ring is 1. The molecule has 0 fully saturated rings. The van der Waals surface area contributed by atoms with Gasteiger partial charge >= 0.3 is 0 Å². The lowest BCUT2D eigenvalue weighted by molar-refractivity contribution is 0.174. The monoisotopic (exact) mass is 330 g/mol. The number of thioether (sulfide) groups is 1. The Kier molecular flexibility index (Phi) is 3.42. The number of nitrogens with zero attached hydrogens (tertiary/aromatic N) is 5. The Balaban J connectivity index is 1.48. The van der Waals surface area contributed by atoms with Gasteiger partial charge in [-0.25, -0.2) is 9.97 Å². The fourth-order valence-electron chi connectivity index (χ4n) is 1.96. The molecule has 3 heterocycles. The molecule has 2 aromatic heterocycles. The maximum Gasteiger partial charge on any atom is 0.237 e. The van der Waals surface area contributed by atoms with Crippen LogP contribution in [0.3, 0.4) is 0 Å². The van der Waals surface area contributed by atoms with Crippen molar-refractivity contribution in [3.63, 3.8) is 0 Å². The molecule has 3 aromatic rings. The molecule has 0 saturated heterocycles. The van der Waals surface area contributed by atoms with Crippen molar-refractivity contribution in [2.24, 2.45) is 0 Å². The molecule has 0 amide bonds. The second-order valence-corrected chi connectivity index (χ2v) is 5.44. The standard InChI is InChI=1S/C13H10N6O3S/c14-12-15-5-16-13(18-12)23-4-10-17-11(19-22-10)7-1-2-8-9(3-7)21-6-20-8/h1-3,5H,4,6H2,(H2,14,15,16,18). The van der Waals surface area contributed by atoms with Gasteiger partial charge in [0, 0.05) is 5.56 Å². The first kappa shape index (κ1) is 13.8. The highest BCUT2D eigenvalue weighted by molar-refractivity contribution is 7.98. The molecule has 116 valence electrons. The molecule has 10 heteroatoms. The van der Waals surface area contributed by atoms with E-state index >= 15 is 0 Å². The number of hydrogen-bond donors (Lipinski definition) is 1. The van der Waals surface area contributed by atoms with E-state index in [0.717, 1.165) is 5.56 Å². The Morgan fingerprint density at radius 2 is 2.04 bits per heavy atom. The third-order valence-corrected chi connectivity index (χ3v) is 3.84. The summed E-state index contributed by atoms with van der Waals surface area (Å²) < 4.78 is 15.8. The van der Waals surface area contributed by atoms with E-state index in [0.29, 0.717) is 34.1 Å². The van der Waals surface area contributed by atoms with Gasteiger partial charge in [0.25, 0.3) is 0 Å². The van der Waals surface area contributed by atoms with Crippen LogP contribution in [0.2, 0.25) is 0 Å². The van der Waals surface area contributed by atoms with E-state index in [1.54, 1.807) is 0 Å². The van der Waals surface area contributed by atoms with Crippen LogP contribution >= 0.6 is 11.8 Å². The zero-order valence-corrected chi connectivity index (χ0v) is 12.5. The number of benzene rings is 1. The van der Waals surface area contributed by atoms with E-state index in [1.807, 2.05) is 18.2 Å². The van der Waals surface area contributed by atoms with Gasteiger partial charge in [-0.15, -0.1) is 0 Å². The van der Waals surface area contributed by atoms with Gasteiger partial charge in [-0.05, 0) is 18.2 Å². The van der Waals surface area contributed by atoms with Crippen LogP contribution in [0.5, 0.6) is 11.5 Å². The van der Waals surface area contributed by atoms with Crippen molar-refractivity contribution in [2.45, 2.75) is 10.9 Å². The van der Waals surface area contributed by atoms with Gasteiger partial charge < -0.3 is 19.7 Å². The van der Waals surface area contributed by atoms with Gasteiger partial charge in [0.15, 0.2) is 16.7 Å². The second-order valence-electron chi connectivity index (χ2n) is 4.49. The van der Waals surface area contributed by atoms with Crippen LogP contribution in [-0.4, -0.2) is 31.9 Å². The number of rotatable bonds is 4. The molecule has 0 unspecified atom stereocenters. The third kappa shape index (κ3) is 2.88. The summed E-state index contributed by atoms with van der Waals surface area (Å²) in [6.07, 6.45) is 1.36. The lowest BCUT2D eigenvalue weighted by atomic mass is 10.2. The first-order chi connectivity index (χ1) is 11.3. The van der Waals surface area contributed by atoms with Crippen LogP contribution in [-0.2, 0) is 5.75 Å². The Morgan fingerprint density at radius 3 is 2.96 bits per heavy atom. The number of hydrogen-bond acceptors (Lipinski definition) is 10. The van der Waals surface area contributed by atoms with E-state index < -0.39 is 0 Å². The average Bonchev–Trinajstić information content (AvgIpc) is 3.21. The second kappa shape index (κ2) is 5.72. The zero-order chi connectivity index (χ0) is 15.6. The van der Waals surface area contributed by atoms with Gasteiger partial charge in [0.2, 0.25) is 24.5 Å². The average molecular weight is 330 g/mol. The van der Waals surface area contributed by atoms with Crippen LogP contribution in [0.4, 0.5) is 5.95 Å². The first-order valence-corrected chi connectivity index (χ1v) is 7.56. The quantitative estimate of drug-likeness (QED) is 0.704. The minimum atomic E-state index is 0.175.